The van der Waals surface area contributed by atoms with Crippen LogP contribution >= 0.6 is 18.6 Å². The average Bonchev–Trinajstić information content (AvgIpc) is 2.75. The third-order valence-electron chi connectivity index (χ3n) is 5.19. The summed E-state index contributed by atoms with van der Waals surface area (Å²) >= 11 is -0.556. The normalized spacial score (nSPS) is 11.4. The molecule has 0 atom stereocenters. The Labute approximate surface area is 189 Å². The quantitative estimate of drug-likeness (QED) is 0.145. The Bertz CT molecular complexity index is 876. The second-order valence-electron chi connectivity index (χ2n) is 6.33. The zero-order valence-corrected chi connectivity index (χ0v) is 20.5. The maximum absolute atomic E-state index is 13.7. The predicted octanol–water partition coefficient (Wildman–Crippen LogP) is 6.93. The summed E-state index contributed by atoms with van der Waals surface area (Å²) in [6, 6.07) is 7.64. The molecule has 0 bridgehead atoms. The number of aromatic hydroxyl groups is 1. The molecule has 0 radical (unpaired) electrons. The van der Waals surface area contributed by atoms with Gasteiger partial charge in [-0.3, -0.25) is 0 Å². The molecule has 164 valence electrons. The van der Waals surface area contributed by atoms with E-state index in [9.17, 15) is 27.1 Å². The van der Waals surface area contributed by atoms with Crippen LogP contribution in [0.15, 0.2) is 23.2 Å². The van der Waals surface area contributed by atoms with Crippen molar-refractivity contribution in [1.29, 1.82) is 0 Å². The summed E-state index contributed by atoms with van der Waals surface area (Å²) in [4.78, 5) is 3.43. The van der Waals surface area contributed by atoms with E-state index >= 15 is 0 Å². The summed E-state index contributed by atoms with van der Waals surface area (Å²) in [6.07, 6.45) is 0.914. The first-order valence-electron chi connectivity index (χ1n) is 8.99. The molecular formula is C19H20Cl2F5NOSiTi. The van der Waals surface area contributed by atoms with Crippen molar-refractivity contribution in [3.05, 3.63) is 52.8 Å². The molecule has 0 fully saturated rings. The summed E-state index contributed by atoms with van der Waals surface area (Å²) < 4.78 is 67.2. The standard InChI is InChI=1S/C19H20F5NOSi.2ClH.Ti/c1-4-27(5-2,6-3)12-9-7-8-11(19(12)26)10-25-18-16(23)14(21)13(20)15(22)17(18)24;;;/h7-10,26H,4-6H2,1-3H3;2*1H;/q;;;+2/p-2. The van der Waals surface area contributed by atoms with Crippen LogP contribution in [0.2, 0.25) is 18.1 Å². The third kappa shape index (κ3) is 5.65. The van der Waals surface area contributed by atoms with Gasteiger partial charge in [0.15, 0.2) is 23.3 Å². The van der Waals surface area contributed by atoms with E-state index < -0.39 is 59.9 Å². The van der Waals surface area contributed by atoms with Crippen molar-refractivity contribution < 1.29 is 44.1 Å². The van der Waals surface area contributed by atoms with Crippen molar-refractivity contribution in [2.24, 2.45) is 4.99 Å². The third-order valence-corrected chi connectivity index (χ3v) is 10.8. The number of para-hydroxylation sites is 1. The summed E-state index contributed by atoms with van der Waals surface area (Å²) in [7, 11) is 7.82. The number of nitrogens with zero attached hydrogens (tertiary/aromatic N) is 1. The Hall–Kier alpha value is -0.929. The van der Waals surface area contributed by atoms with Crippen LogP contribution in [0.5, 0.6) is 5.75 Å². The van der Waals surface area contributed by atoms with E-state index in [1.807, 2.05) is 26.8 Å². The van der Waals surface area contributed by atoms with Crippen molar-refractivity contribution in [2.45, 2.75) is 38.9 Å². The molecule has 1 N–H and O–H groups in total. The van der Waals surface area contributed by atoms with Crippen LogP contribution < -0.4 is 5.19 Å². The van der Waals surface area contributed by atoms with Crippen LogP contribution in [-0.4, -0.2) is 19.4 Å². The Morgan fingerprint density at radius 2 is 1.33 bits per heavy atom. The Morgan fingerprint density at radius 1 is 0.900 bits per heavy atom. The number of hydrogen-bond donors (Lipinski definition) is 1. The molecule has 0 amide bonds. The van der Waals surface area contributed by atoms with Gasteiger partial charge in [0.05, 0.1) is 8.07 Å². The van der Waals surface area contributed by atoms with Gasteiger partial charge in [-0.1, -0.05) is 51.0 Å². The van der Waals surface area contributed by atoms with Crippen molar-refractivity contribution in [2.75, 3.05) is 0 Å². The summed E-state index contributed by atoms with van der Waals surface area (Å²) in [5, 5.41) is 11.4. The molecule has 0 unspecified atom stereocenters. The van der Waals surface area contributed by atoms with E-state index in [0.29, 0.717) is 0 Å². The molecular weight excluding hydrogens is 500 g/mol. The van der Waals surface area contributed by atoms with E-state index in [4.69, 9.17) is 18.6 Å². The fourth-order valence-electron chi connectivity index (χ4n) is 3.26. The number of halogens is 7. The number of phenolic OH excluding ortho intramolecular Hbond substituents is 1. The Morgan fingerprint density at radius 3 is 1.77 bits per heavy atom. The first-order chi connectivity index (χ1) is 14.1. The van der Waals surface area contributed by atoms with Gasteiger partial charge in [-0.25, -0.2) is 26.9 Å². The molecule has 2 nitrogen and oxygen atoms in total. The van der Waals surface area contributed by atoms with Crippen molar-refractivity contribution in [3.8, 4) is 5.75 Å². The second-order valence-corrected chi connectivity index (χ2v) is 14.1. The minimum absolute atomic E-state index is 0.0673. The fourth-order valence-corrected chi connectivity index (χ4v) is 6.99. The molecule has 0 heterocycles. The monoisotopic (exact) mass is 519 g/mol. The predicted molar refractivity (Wildman–Crippen MR) is 110 cm³/mol. The first kappa shape index (κ1) is 27.1. The van der Waals surface area contributed by atoms with E-state index in [-0.39, 0.29) is 11.3 Å². The first-order valence-corrected chi connectivity index (χ1v) is 15.9. The average molecular weight is 520 g/mol. The van der Waals surface area contributed by atoms with Crippen LogP contribution in [0.3, 0.4) is 0 Å². The second kappa shape index (κ2) is 12.2. The minimum atomic E-state index is -2.24. The van der Waals surface area contributed by atoms with Gasteiger partial charge in [0, 0.05) is 11.8 Å². The molecule has 0 saturated carbocycles. The van der Waals surface area contributed by atoms with Crippen LogP contribution in [0.4, 0.5) is 27.6 Å². The number of phenols is 1. The van der Waals surface area contributed by atoms with Crippen LogP contribution in [0, 0.1) is 29.1 Å². The van der Waals surface area contributed by atoms with Crippen molar-refractivity contribution >= 4 is 43.8 Å². The van der Waals surface area contributed by atoms with Crippen LogP contribution in [-0.2, 0) is 17.0 Å². The molecule has 0 saturated heterocycles. The van der Waals surface area contributed by atoms with Gasteiger partial charge in [0.1, 0.15) is 11.4 Å². The van der Waals surface area contributed by atoms with Crippen molar-refractivity contribution in [3.63, 3.8) is 0 Å². The van der Waals surface area contributed by atoms with Crippen molar-refractivity contribution in [1.82, 2.24) is 0 Å². The molecule has 0 aliphatic rings. The molecule has 0 aliphatic carbocycles. The molecule has 0 aromatic heterocycles. The van der Waals surface area contributed by atoms with Crippen LogP contribution in [0.25, 0.3) is 0 Å². The van der Waals surface area contributed by atoms with Gasteiger partial charge in [-0.15, -0.1) is 0 Å². The molecule has 2 rings (SSSR count). The topological polar surface area (TPSA) is 32.6 Å². The molecule has 11 heteroatoms. The molecule has 2 aromatic rings. The van der Waals surface area contributed by atoms with Gasteiger partial charge in [0.25, 0.3) is 0 Å². The van der Waals surface area contributed by atoms with E-state index in [1.54, 1.807) is 6.07 Å². The number of benzene rings is 2. The fraction of sp³-hybridized carbons (Fsp3) is 0.316. The summed E-state index contributed by atoms with van der Waals surface area (Å²) in [5.41, 5.74) is -1.13. The maximum atomic E-state index is 13.7. The Balaban J connectivity index is 0.00000141. The van der Waals surface area contributed by atoms with Gasteiger partial charge in [-0.05, 0) is 11.3 Å². The van der Waals surface area contributed by atoms with Gasteiger partial charge in [0.2, 0.25) is 5.82 Å². The number of rotatable bonds is 6. The van der Waals surface area contributed by atoms with Gasteiger partial charge >= 0.3 is 35.6 Å². The van der Waals surface area contributed by atoms with E-state index in [2.05, 4.69) is 4.99 Å². The summed E-state index contributed by atoms with van der Waals surface area (Å²) in [6.45, 7) is 6.15. The van der Waals surface area contributed by atoms with Crippen LogP contribution in [0.1, 0.15) is 26.3 Å². The molecule has 2 aromatic carbocycles. The summed E-state index contributed by atoms with van der Waals surface area (Å²) in [5.74, 6) is -10.5. The zero-order valence-electron chi connectivity index (χ0n) is 16.5. The SMILES string of the molecule is CC[Si](CC)(CC)c1cccc(C=Nc2c(F)c(F)c(F)c(F)c2F)c1O.[Cl][Ti][Cl]. The van der Waals surface area contributed by atoms with Gasteiger partial charge < -0.3 is 5.11 Å². The number of aliphatic imine (C=N–C) groups is 1. The number of hydrogen-bond acceptors (Lipinski definition) is 2. The Kier molecular flexibility index (Phi) is 11.0. The van der Waals surface area contributed by atoms with E-state index in [1.165, 1.54) is 6.07 Å². The molecule has 0 spiro atoms. The molecule has 30 heavy (non-hydrogen) atoms. The zero-order chi connectivity index (χ0) is 23.1. The van der Waals surface area contributed by atoms with E-state index in [0.717, 1.165) is 29.5 Å². The van der Waals surface area contributed by atoms with Gasteiger partial charge in [-0.2, -0.15) is 0 Å². The molecule has 0 aliphatic heterocycles.